The van der Waals surface area contributed by atoms with E-state index in [0.717, 1.165) is 11.0 Å². The highest BCUT2D eigenvalue weighted by Crippen LogP contribution is 2.09. The maximum absolute atomic E-state index is 12.0. The lowest BCUT2D eigenvalue weighted by molar-refractivity contribution is -0.121. The molecule has 25 heavy (non-hydrogen) atoms. The van der Waals surface area contributed by atoms with Crippen molar-refractivity contribution in [3.63, 3.8) is 0 Å². The molecule has 1 amide bonds. The number of imidazole rings is 1. The standard InChI is InChI=1S/C16H19N5O4/c1-24-9-7-15-19-13(20-25-15)10-17-14(22)6-8-21-12-5-3-2-4-11(12)18-16(21)23/h2-5H,6-10H2,1H3,(H,17,22)(H,18,23). The third-order valence-corrected chi connectivity index (χ3v) is 3.72. The molecular formula is C16H19N5O4. The van der Waals surface area contributed by atoms with Crippen LogP contribution in [0.25, 0.3) is 11.0 Å². The molecule has 0 radical (unpaired) electrons. The van der Waals surface area contributed by atoms with Gasteiger partial charge in [-0.25, -0.2) is 4.79 Å². The number of aromatic nitrogens is 4. The number of nitrogens with one attached hydrogen (secondary N) is 2. The molecule has 0 aliphatic rings. The molecule has 3 aromatic rings. The number of para-hydroxylation sites is 2. The second-order valence-electron chi connectivity index (χ2n) is 5.47. The van der Waals surface area contributed by atoms with E-state index in [1.807, 2.05) is 24.3 Å². The summed E-state index contributed by atoms with van der Waals surface area (Å²) in [5.41, 5.74) is 1.31. The van der Waals surface area contributed by atoms with Crippen molar-refractivity contribution in [2.24, 2.45) is 0 Å². The number of hydrogen-bond donors (Lipinski definition) is 2. The Balaban J connectivity index is 1.52. The summed E-state index contributed by atoms with van der Waals surface area (Å²) in [6.45, 7) is 0.964. The van der Waals surface area contributed by atoms with Gasteiger partial charge in [0.2, 0.25) is 11.8 Å². The lowest BCUT2D eigenvalue weighted by Gasteiger charge is -2.04. The van der Waals surface area contributed by atoms with E-state index in [4.69, 9.17) is 9.26 Å². The monoisotopic (exact) mass is 345 g/mol. The highest BCUT2D eigenvalue weighted by Gasteiger charge is 2.10. The van der Waals surface area contributed by atoms with Crippen molar-refractivity contribution in [1.29, 1.82) is 0 Å². The Labute approximate surface area is 143 Å². The second kappa shape index (κ2) is 7.75. The minimum Gasteiger partial charge on any atom is -0.384 e. The van der Waals surface area contributed by atoms with Crippen LogP contribution in [0.3, 0.4) is 0 Å². The molecule has 9 heteroatoms. The number of aromatic amines is 1. The number of ether oxygens (including phenoxy) is 1. The van der Waals surface area contributed by atoms with Crippen molar-refractivity contribution in [2.75, 3.05) is 13.7 Å². The molecule has 0 atom stereocenters. The number of hydrogen-bond acceptors (Lipinski definition) is 6. The maximum Gasteiger partial charge on any atom is 0.326 e. The Morgan fingerprint density at radius 1 is 1.40 bits per heavy atom. The minimum atomic E-state index is -0.227. The molecule has 132 valence electrons. The van der Waals surface area contributed by atoms with Crippen LogP contribution in [-0.4, -0.2) is 39.3 Å². The van der Waals surface area contributed by atoms with Gasteiger partial charge in [-0.05, 0) is 12.1 Å². The molecule has 1 aromatic carbocycles. The highest BCUT2D eigenvalue weighted by atomic mass is 16.5. The second-order valence-corrected chi connectivity index (χ2v) is 5.47. The smallest absolute Gasteiger partial charge is 0.326 e. The molecule has 0 saturated carbocycles. The van der Waals surface area contributed by atoms with Crippen LogP contribution in [-0.2, 0) is 29.0 Å². The zero-order valence-electron chi connectivity index (χ0n) is 13.8. The quantitative estimate of drug-likeness (QED) is 0.618. The van der Waals surface area contributed by atoms with Gasteiger partial charge in [0.25, 0.3) is 0 Å². The number of carbonyl (C=O) groups excluding carboxylic acids is 1. The summed E-state index contributed by atoms with van der Waals surface area (Å²) in [5.74, 6) is 0.681. The van der Waals surface area contributed by atoms with Gasteiger partial charge in [-0.1, -0.05) is 17.3 Å². The Hall–Kier alpha value is -2.94. The fraction of sp³-hybridized carbons (Fsp3) is 0.375. The maximum atomic E-state index is 12.0. The predicted molar refractivity (Wildman–Crippen MR) is 88.9 cm³/mol. The molecule has 0 saturated heterocycles. The van der Waals surface area contributed by atoms with Crippen LogP contribution in [0.2, 0.25) is 0 Å². The van der Waals surface area contributed by atoms with Gasteiger partial charge in [-0.15, -0.1) is 0 Å². The number of aryl methyl sites for hydroxylation is 1. The van der Waals surface area contributed by atoms with Gasteiger partial charge in [0.15, 0.2) is 5.82 Å². The van der Waals surface area contributed by atoms with Crippen molar-refractivity contribution < 1.29 is 14.1 Å². The van der Waals surface area contributed by atoms with Crippen LogP contribution in [0.5, 0.6) is 0 Å². The molecule has 0 fully saturated rings. The van der Waals surface area contributed by atoms with E-state index in [-0.39, 0.29) is 24.6 Å². The van der Waals surface area contributed by atoms with Crippen LogP contribution in [0.15, 0.2) is 33.6 Å². The molecule has 2 heterocycles. The van der Waals surface area contributed by atoms with Crippen LogP contribution < -0.4 is 11.0 Å². The third-order valence-electron chi connectivity index (χ3n) is 3.72. The first-order chi connectivity index (χ1) is 12.2. The Bertz CT molecular complexity index is 911. The van der Waals surface area contributed by atoms with Gasteiger partial charge in [-0.2, -0.15) is 4.98 Å². The van der Waals surface area contributed by atoms with Gasteiger partial charge < -0.3 is 19.6 Å². The zero-order chi connectivity index (χ0) is 17.6. The fourth-order valence-corrected chi connectivity index (χ4v) is 2.46. The number of nitrogens with zero attached hydrogens (tertiary/aromatic N) is 3. The summed E-state index contributed by atoms with van der Waals surface area (Å²) in [6.07, 6.45) is 0.705. The minimum absolute atomic E-state index is 0.177. The number of rotatable bonds is 8. The van der Waals surface area contributed by atoms with E-state index >= 15 is 0 Å². The Morgan fingerprint density at radius 2 is 2.24 bits per heavy atom. The summed E-state index contributed by atoms with van der Waals surface area (Å²) in [6, 6.07) is 7.36. The molecule has 9 nitrogen and oxygen atoms in total. The first-order valence-corrected chi connectivity index (χ1v) is 7.92. The topological polar surface area (TPSA) is 115 Å². The normalized spacial score (nSPS) is 11.1. The van der Waals surface area contributed by atoms with Crippen molar-refractivity contribution in [3.05, 3.63) is 46.5 Å². The van der Waals surface area contributed by atoms with Gasteiger partial charge in [0.1, 0.15) is 0 Å². The van der Waals surface area contributed by atoms with E-state index in [1.165, 1.54) is 0 Å². The molecule has 0 aliphatic heterocycles. The number of fused-ring (bicyclic) bond motifs is 1. The Morgan fingerprint density at radius 3 is 3.08 bits per heavy atom. The van der Waals surface area contributed by atoms with Crippen molar-refractivity contribution in [2.45, 2.75) is 25.9 Å². The first-order valence-electron chi connectivity index (χ1n) is 7.92. The van der Waals surface area contributed by atoms with E-state index in [0.29, 0.717) is 31.3 Å². The van der Waals surface area contributed by atoms with Crippen molar-refractivity contribution in [1.82, 2.24) is 25.0 Å². The van der Waals surface area contributed by atoms with Crippen LogP contribution in [0.1, 0.15) is 18.1 Å². The first kappa shape index (κ1) is 16.9. The lowest BCUT2D eigenvalue weighted by Crippen LogP contribution is -2.26. The summed E-state index contributed by atoms with van der Waals surface area (Å²) >= 11 is 0. The molecule has 0 bridgehead atoms. The van der Waals surface area contributed by atoms with E-state index in [9.17, 15) is 9.59 Å². The van der Waals surface area contributed by atoms with Gasteiger partial charge in [0, 0.05) is 20.1 Å². The number of H-pyrrole nitrogens is 1. The summed E-state index contributed by atoms with van der Waals surface area (Å²) in [5, 5.41) is 6.51. The van der Waals surface area contributed by atoms with E-state index in [2.05, 4.69) is 20.4 Å². The molecule has 2 aromatic heterocycles. The highest BCUT2D eigenvalue weighted by molar-refractivity contribution is 5.77. The number of methoxy groups -OCH3 is 1. The van der Waals surface area contributed by atoms with E-state index < -0.39 is 0 Å². The zero-order valence-corrected chi connectivity index (χ0v) is 13.8. The molecule has 3 rings (SSSR count). The average molecular weight is 345 g/mol. The van der Waals surface area contributed by atoms with Gasteiger partial charge in [-0.3, -0.25) is 9.36 Å². The molecule has 0 unspecified atom stereocenters. The van der Waals surface area contributed by atoms with Crippen LogP contribution in [0.4, 0.5) is 0 Å². The van der Waals surface area contributed by atoms with E-state index in [1.54, 1.807) is 11.7 Å². The number of amides is 1. The largest absolute Gasteiger partial charge is 0.384 e. The fourth-order valence-electron chi connectivity index (χ4n) is 2.46. The summed E-state index contributed by atoms with van der Waals surface area (Å²) < 4.78 is 11.5. The predicted octanol–water partition coefficient (Wildman–Crippen LogP) is 0.608. The summed E-state index contributed by atoms with van der Waals surface area (Å²) in [4.78, 5) is 30.9. The number of benzene rings is 1. The van der Waals surface area contributed by atoms with Crippen molar-refractivity contribution in [3.8, 4) is 0 Å². The lowest BCUT2D eigenvalue weighted by atomic mass is 10.3. The van der Waals surface area contributed by atoms with Gasteiger partial charge in [0.05, 0.1) is 30.6 Å². The Kier molecular flexibility index (Phi) is 5.24. The van der Waals surface area contributed by atoms with Crippen LogP contribution in [0, 0.1) is 0 Å². The molecule has 0 spiro atoms. The molecule has 2 N–H and O–H groups in total. The average Bonchev–Trinajstić information content (AvgIpc) is 3.19. The SMILES string of the molecule is COCCc1nc(CNC(=O)CCn2c(=O)[nH]c3ccccc32)no1. The van der Waals surface area contributed by atoms with Crippen molar-refractivity contribution >= 4 is 16.9 Å². The third kappa shape index (κ3) is 4.13. The summed E-state index contributed by atoms with van der Waals surface area (Å²) in [7, 11) is 1.59. The number of carbonyl (C=O) groups is 1. The van der Waals surface area contributed by atoms with Crippen LogP contribution >= 0.6 is 0 Å². The van der Waals surface area contributed by atoms with Gasteiger partial charge >= 0.3 is 5.69 Å². The molecular weight excluding hydrogens is 326 g/mol. The molecule has 0 aliphatic carbocycles.